The van der Waals surface area contributed by atoms with Gasteiger partial charge < -0.3 is 30.2 Å². The molecule has 0 saturated heterocycles. The molecular formula is C24H23N5O3. The van der Waals surface area contributed by atoms with Gasteiger partial charge in [0.05, 0.1) is 29.0 Å². The van der Waals surface area contributed by atoms with Gasteiger partial charge in [-0.1, -0.05) is 30.3 Å². The highest BCUT2D eigenvalue weighted by molar-refractivity contribution is 6.02. The van der Waals surface area contributed by atoms with Crippen LogP contribution in [0.4, 0.5) is 17.1 Å². The van der Waals surface area contributed by atoms with Gasteiger partial charge in [0.2, 0.25) is 5.66 Å². The van der Waals surface area contributed by atoms with E-state index in [0.717, 1.165) is 28.2 Å². The zero-order chi connectivity index (χ0) is 22.3. The predicted molar refractivity (Wildman–Crippen MR) is 124 cm³/mol. The van der Waals surface area contributed by atoms with E-state index in [1.807, 2.05) is 71.6 Å². The van der Waals surface area contributed by atoms with Gasteiger partial charge in [-0.25, -0.2) is 4.79 Å². The Hall–Kier alpha value is -4.04. The minimum absolute atomic E-state index is 0.217. The number of hydrogen-bond acceptors (Lipinski definition) is 5. The molecule has 0 aliphatic carbocycles. The van der Waals surface area contributed by atoms with E-state index < -0.39 is 5.66 Å². The first kappa shape index (κ1) is 19.9. The van der Waals surface area contributed by atoms with Crippen LogP contribution in [0.5, 0.6) is 0 Å². The first-order valence-electron chi connectivity index (χ1n) is 10.3. The minimum atomic E-state index is -1.24. The number of hydrogen-bond donors (Lipinski definition) is 4. The van der Waals surface area contributed by atoms with Gasteiger partial charge in [0.15, 0.2) is 0 Å². The number of rotatable bonds is 5. The molecule has 0 radical (unpaired) electrons. The fraction of sp³-hybridized carbons (Fsp3) is 0.167. The molecule has 8 nitrogen and oxygen atoms in total. The van der Waals surface area contributed by atoms with Crippen LogP contribution >= 0.6 is 0 Å². The van der Waals surface area contributed by atoms with E-state index in [0.29, 0.717) is 17.6 Å². The standard InChI is InChI=1S/C24H23N5O3/c1-25-22(30)24(16-7-5-6-15(12-16)14-32-2)28-19-8-3-4-9-21(19)29(24)17-10-11-18-20(13-17)27-23(31)26-18/h3-13,28H,14H2,1-2H3,(H,25,30)(H2,26,27,31). The molecule has 2 heterocycles. The summed E-state index contributed by atoms with van der Waals surface area (Å²) < 4.78 is 5.32. The van der Waals surface area contributed by atoms with Crippen LogP contribution < -0.4 is 21.2 Å². The lowest BCUT2D eigenvalue weighted by Crippen LogP contribution is -2.56. The van der Waals surface area contributed by atoms with Gasteiger partial charge in [0, 0.05) is 25.4 Å². The Kier molecular flexibility index (Phi) is 4.71. The number of imidazole rings is 1. The van der Waals surface area contributed by atoms with Crippen LogP contribution in [-0.4, -0.2) is 30.0 Å². The summed E-state index contributed by atoms with van der Waals surface area (Å²) in [6.45, 7) is 0.432. The maximum atomic E-state index is 13.6. The second-order valence-corrected chi connectivity index (χ2v) is 7.71. The number of amides is 1. The maximum Gasteiger partial charge on any atom is 0.323 e. The van der Waals surface area contributed by atoms with Gasteiger partial charge in [0.25, 0.3) is 5.91 Å². The summed E-state index contributed by atoms with van der Waals surface area (Å²) >= 11 is 0. The number of carbonyl (C=O) groups is 1. The van der Waals surface area contributed by atoms with E-state index in [1.165, 1.54) is 0 Å². The number of nitrogens with zero attached hydrogens (tertiary/aromatic N) is 1. The Balaban J connectivity index is 1.78. The summed E-state index contributed by atoms with van der Waals surface area (Å²) in [5, 5.41) is 6.31. The molecule has 4 N–H and O–H groups in total. The summed E-state index contributed by atoms with van der Waals surface area (Å²) in [6, 6.07) is 21.2. The van der Waals surface area contributed by atoms with Gasteiger partial charge in [-0.3, -0.25) is 4.79 Å². The third-order valence-electron chi connectivity index (χ3n) is 5.77. The monoisotopic (exact) mass is 429 g/mol. The van der Waals surface area contributed by atoms with Crippen molar-refractivity contribution in [1.82, 2.24) is 15.3 Å². The number of carbonyl (C=O) groups excluding carboxylic acids is 1. The summed E-state index contributed by atoms with van der Waals surface area (Å²) in [5.41, 5.74) is 4.01. The molecule has 0 spiro atoms. The molecule has 1 unspecified atom stereocenters. The van der Waals surface area contributed by atoms with Crippen LogP contribution in [0.3, 0.4) is 0 Å². The molecule has 3 aromatic carbocycles. The van der Waals surface area contributed by atoms with Crippen molar-refractivity contribution in [2.45, 2.75) is 12.3 Å². The van der Waals surface area contributed by atoms with Crippen LogP contribution in [-0.2, 0) is 21.8 Å². The van der Waals surface area contributed by atoms with Gasteiger partial charge in [0.1, 0.15) is 0 Å². The van der Waals surface area contributed by atoms with Crippen LogP contribution in [0.25, 0.3) is 11.0 Å². The average Bonchev–Trinajstić information content (AvgIpc) is 3.36. The van der Waals surface area contributed by atoms with Gasteiger partial charge in [-0.05, 0) is 42.0 Å². The van der Waals surface area contributed by atoms with E-state index in [1.54, 1.807) is 14.2 Å². The van der Waals surface area contributed by atoms with Crippen molar-refractivity contribution < 1.29 is 9.53 Å². The first-order valence-corrected chi connectivity index (χ1v) is 10.3. The van der Waals surface area contributed by atoms with Crippen LogP contribution in [0, 0.1) is 0 Å². The number of nitrogens with one attached hydrogen (secondary N) is 4. The fourth-order valence-electron chi connectivity index (χ4n) is 4.42. The molecular weight excluding hydrogens is 406 g/mol. The number of H-pyrrole nitrogens is 2. The third-order valence-corrected chi connectivity index (χ3v) is 5.77. The number of anilines is 3. The molecule has 1 amide bonds. The highest BCUT2D eigenvalue weighted by Crippen LogP contribution is 2.50. The molecule has 32 heavy (non-hydrogen) atoms. The quantitative estimate of drug-likeness (QED) is 0.390. The number of methoxy groups -OCH3 is 1. The van der Waals surface area contributed by atoms with E-state index >= 15 is 0 Å². The molecule has 162 valence electrons. The van der Waals surface area contributed by atoms with Crippen molar-refractivity contribution in [1.29, 1.82) is 0 Å². The predicted octanol–water partition coefficient (Wildman–Crippen LogP) is 3.17. The topological polar surface area (TPSA) is 102 Å². The molecule has 1 atom stereocenters. The smallest absolute Gasteiger partial charge is 0.323 e. The Bertz CT molecular complexity index is 1380. The molecule has 4 aromatic rings. The Morgan fingerprint density at radius 1 is 1.03 bits per heavy atom. The van der Waals surface area contributed by atoms with Crippen molar-refractivity contribution in [3.8, 4) is 0 Å². The molecule has 0 saturated carbocycles. The van der Waals surface area contributed by atoms with Crippen molar-refractivity contribution in [2.24, 2.45) is 0 Å². The van der Waals surface area contributed by atoms with Crippen LogP contribution in [0.15, 0.2) is 71.5 Å². The number of ether oxygens (including phenoxy) is 1. The summed E-state index contributed by atoms with van der Waals surface area (Å²) in [7, 11) is 3.27. The zero-order valence-corrected chi connectivity index (χ0v) is 17.7. The molecule has 1 aliphatic rings. The van der Waals surface area contributed by atoms with E-state index in [9.17, 15) is 9.59 Å². The van der Waals surface area contributed by atoms with E-state index in [2.05, 4.69) is 20.6 Å². The van der Waals surface area contributed by atoms with E-state index in [-0.39, 0.29) is 11.6 Å². The van der Waals surface area contributed by atoms with Gasteiger partial charge >= 0.3 is 5.69 Å². The van der Waals surface area contributed by atoms with Gasteiger partial charge in [-0.15, -0.1) is 0 Å². The SMILES string of the molecule is CNC(=O)C1(c2cccc(COC)c2)Nc2ccccc2N1c1ccc2[nH]c(=O)[nH]c2c1. The zero-order valence-electron chi connectivity index (χ0n) is 17.7. The number of fused-ring (bicyclic) bond motifs is 2. The first-order chi connectivity index (χ1) is 15.6. The molecule has 0 fully saturated rings. The number of para-hydroxylation sites is 2. The van der Waals surface area contributed by atoms with Gasteiger partial charge in [-0.2, -0.15) is 0 Å². The lowest BCUT2D eigenvalue weighted by Gasteiger charge is -2.39. The van der Waals surface area contributed by atoms with Crippen molar-refractivity contribution in [3.05, 3.63) is 88.3 Å². The summed E-state index contributed by atoms with van der Waals surface area (Å²) in [6.07, 6.45) is 0. The Morgan fingerprint density at radius 2 is 1.84 bits per heavy atom. The number of aromatic nitrogens is 2. The molecule has 1 aliphatic heterocycles. The maximum absolute atomic E-state index is 13.6. The number of benzene rings is 3. The second kappa shape index (κ2) is 7.58. The second-order valence-electron chi connectivity index (χ2n) is 7.71. The van der Waals surface area contributed by atoms with E-state index in [4.69, 9.17) is 4.74 Å². The summed E-state index contributed by atoms with van der Waals surface area (Å²) in [5.74, 6) is -0.217. The highest BCUT2D eigenvalue weighted by atomic mass is 16.5. The summed E-state index contributed by atoms with van der Waals surface area (Å²) in [4.78, 5) is 33.0. The van der Waals surface area contributed by atoms with Crippen LogP contribution in [0.1, 0.15) is 11.1 Å². The Morgan fingerprint density at radius 3 is 2.66 bits per heavy atom. The average molecular weight is 429 g/mol. The molecule has 5 rings (SSSR count). The number of aromatic amines is 2. The number of likely N-dealkylation sites (N-methyl/N-ethyl adjacent to an activating group) is 1. The van der Waals surface area contributed by atoms with Crippen molar-refractivity contribution in [2.75, 3.05) is 24.4 Å². The largest absolute Gasteiger partial charge is 0.380 e. The molecule has 1 aromatic heterocycles. The highest BCUT2D eigenvalue weighted by Gasteiger charge is 2.51. The van der Waals surface area contributed by atoms with Crippen LogP contribution in [0.2, 0.25) is 0 Å². The normalized spacial score (nSPS) is 17.2. The lowest BCUT2D eigenvalue weighted by molar-refractivity contribution is -0.124. The van der Waals surface area contributed by atoms with Crippen molar-refractivity contribution in [3.63, 3.8) is 0 Å². The lowest BCUT2D eigenvalue weighted by atomic mass is 9.94. The van der Waals surface area contributed by atoms with Crippen molar-refractivity contribution >= 4 is 34.0 Å². The minimum Gasteiger partial charge on any atom is -0.380 e. The Labute approximate surface area is 184 Å². The fourth-order valence-corrected chi connectivity index (χ4v) is 4.42. The third kappa shape index (κ3) is 2.96. The molecule has 8 heteroatoms. The molecule has 0 bridgehead atoms.